The molecule has 73 heavy (non-hydrogen) atoms. The Morgan fingerprint density at radius 2 is 1.51 bits per heavy atom. The van der Waals surface area contributed by atoms with E-state index in [1.54, 1.807) is 47.3 Å². The van der Waals surface area contributed by atoms with E-state index in [1.807, 2.05) is 13.0 Å². The largest absolute Gasteiger partial charge is 0.477 e. The molecule has 3 amide bonds. The number of nitrogens with one attached hydrogen (secondary N) is 3. The van der Waals surface area contributed by atoms with E-state index in [-0.39, 0.29) is 24.5 Å². The molecule has 10 N–H and O–H groups in total. The molecule has 0 aliphatic carbocycles. The number of carbonyl (C=O) groups is 4. The first-order valence-electron chi connectivity index (χ1n) is 23.9. The molecule has 26 heteroatoms. The van der Waals surface area contributed by atoms with Gasteiger partial charge in [0, 0.05) is 51.0 Å². The number of aromatic nitrogens is 3. The molecule has 2 saturated heterocycles. The summed E-state index contributed by atoms with van der Waals surface area (Å²) in [6, 6.07) is 13.5. The van der Waals surface area contributed by atoms with Crippen LogP contribution in [0.1, 0.15) is 42.7 Å². The van der Waals surface area contributed by atoms with Crippen molar-refractivity contribution in [1.29, 1.82) is 0 Å². The van der Waals surface area contributed by atoms with Gasteiger partial charge in [0.25, 0.3) is 11.7 Å². The van der Waals surface area contributed by atoms with Crippen LogP contribution in [-0.4, -0.2) is 221 Å². The van der Waals surface area contributed by atoms with Crippen LogP contribution >= 0.6 is 0 Å². The van der Waals surface area contributed by atoms with Gasteiger partial charge < -0.3 is 94.3 Å². The topological polar surface area (TPSA) is 360 Å². The Kier molecular flexibility index (Phi) is 24.2. The van der Waals surface area contributed by atoms with Crippen molar-refractivity contribution in [2.45, 2.75) is 107 Å². The van der Waals surface area contributed by atoms with E-state index < -0.39 is 104 Å². The fourth-order valence-corrected chi connectivity index (χ4v) is 7.54. The Hall–Kier alpha value is -5.30. The maximum atomic E-state index is 13.1. The standard InChI is InChI=1S/C47H68N6O20/c1-3-48-37(57)13-15-65-18-20-67-22-23-68-21-19-66-17-14-53-27-31(51-52-53)12-16-69-45-42(61)41(60)40(59)36(72-45)28-70-47(46(63)64)25-34(55)38(50-29(2)54)43(73-47)39(58)35(56)26-49-44(62)30-8-7-11-33(24-30)71-32-9-5-4-6-10-32/h4-11,24,27,34-36,38-43,45,55-56,58-61H,3,12-23,25-26,28H2,1-2H3,(H,48,57)(H,49,62)(H,50,54)(H,63,64)/t34-,35+,36+,38+,39+,40-,41-,42+,43+,45+,47+/m0/s1. The van der Waals surface area contributed by atoms with Crippen molar-refractivity contribution in [1.82, 2.24) is 30.9 Å². The fraction of sp³-hybridized carbons (Fsp3) is 0.617. The lowest BCUT2D eigenvalue weighted by molar-refractivity contribution is -0.338. The van der Waals surface area contributed by atoms with Gasteiger partial charge in [-0.15, -0.1) is 5.10 Å². The number of rotatable bonds is 32. The highest BCUT2D eigenvalue weighted by Gasteiger charge is 2.57. The number of ether oxygens (including phenoxy) is 9. The zero-order valence-electron chi connectivity index (χ0n) is 40.6. The summed E-state index contributed by atoms with van der Waals surface area (Å²) in [5.74, 6) is -5.20. The Morgan fingerprint density at radius 1 is 0.836 bits per heavy atom. The van der Waals surface area contributed by atoms with Gasteiger partial charge in [0.15, 0.2) is 6.29 Å². The maximum absolute atomic E-state index is 13.1. The average Bonchev–Trinajstić information content (AvgIpc) is 3.83. The average molecular weight is 1040 g/mol. The van der Waals surface area contributed by atoms with Crippen LogP contribution in [0.25, 0.3) is 0 Å². The number of hydrogen-bond donors (Lipinski definition) is 10. The number of hydrogen-bond acceptors (Lipinski definition) is 21. The van der Waals surface area contributed by atoms with Crippen molar-refractivity contribution in [3.05, 3.63) is 72.1 Å². The summed E-state index contributed by atoms with van der Waals surface area (Å²) in [6.07, 6.45) is -14.9. The first-order valence-corrected chi connectivity index (χ1v) is 23.9. The van der Waals surface area contributed by atoms with Crippen molar-refractivity contribution in [2.24, 2.45) is 0 Å². The summed E-state index contributed by atoms with van der Waals surface area (Å²) < 4.78 is 52.1. The molecule has 2 aliphatic rings. The molecule has 2 aliphatic heterocycles. The van der Waals surface area contributed by atoms with Gasteiger partial charge in [-0.3, -0.25) is 14.4 Å². The van der Waals surface area contributed by atoms with Gasteiger partial charge in [-0.05, 0) is 37.3 Å². The van der Waals surface area contributed by atoms with E-state index in [9.17, 15) is 54.9 Å². The van der Waals surface area contributed by atoms with E-state index in [2.05, 4.69) is 26.3 Å². The van der Waals surface area contributed by atoms with Gasteiger partial charge >= 0.3 is 5.97 Å². The predicted molar refractivity (Wildman–Crippen MR) is 250 cm³/mol. The zero-order chi connectivity index (χ0) is 52.8. The van der Waals surface area contributed by atoms with E-state index >= 15 is 0 Å². The predicted octanol–water partition coefficient (Wildman–Crippen LogP) is -2.37. The monoisotopic (exact) mass is 1040 g/mol. The van der Waals surface area contributed by atoms with E-state index in [1.165, 1.54) is 12.1 Å². The van der Waals surface area contributed by atoms with Gasteiger partial charge in [-0.25, -0.2) is 9.48 Å². The first-order chi connectivity index (χ1) is 35.1. The molecule has 5 rings (SSSR count). The second kappa shape index (κ2) is 30.2. The van der Waals surface area contributed by atoms with Crippen LogP contribution in [0.3, 0.4) is 0 Å². The summed E-state index contributed by atoms with van der Waals surface area (Å²) >= 11 is 0. The van der Waals surface area contributed by atoms with Gasteiger partial charge in [0.1, 0.15) is 48.1 Å². The molecule has 2 aromatic carbocycles. The van der Waals surface area contributed by atoms with Crippen LogP contribution in [0.15, 0.2) is 60.8 Å². The molecule has 406 valence electrons. The highest BCUT2D eigenvalue weighted by atomic mass is 16.7. The van der Waals surface area contributed by atoms with Crippen molar-refractivity contribution in [3.63, 3.8) is 0 Å². The van der Waals surface area contributed by atoms with Gasteiger partial charge in [-0.2, -0.15) is 0 Å². The number of aliphatic hydroxyl groups excluding tert-OH is 6. The molecule has 3 heterocycles. The van der Waals surface area contributed by atoms with Crippen molar-refractivity contribution >= 4 is 23.7 Å². The zero-order valence-corrected chi connectivity index (χ0v) is 40.6. The molecule has 1 aromatic heterocycles. The second-order valence-corrected chi connectivity index (χ2v) is 16.9. The minimum atomic E-state index is -2.81. The molecule has 0 radical (unpaired) electrons. The number of nitrogens with zero attached hydrogens (tertiary/aromatic N) is 3. The Bertz CT molecular complexity index is 2140. The van der Waals surface area contributed by atoms with Crippen molar-refractivity contribution in [2.75, 3.05) is 79.2 Å². The number of carbonyl (C=O) groups excluding carboxylic acids is 3. The Labute approximate surface area is 420 Å². The summed E-state index contributed by atoms with van der Waals surface area (Å²) in [5.41, 5.74) is 0.637. The SMILES string of the molecule is CCNC(=O)CCOCCOCCOCCOCCn1cc(CCO[C@@H]2O[C@H](CO[C@]3(C(=O)O)C[C@H](O)[C@@H](NC(C)=O)[C@H]([C@H](O)[C@H](O)CNC(=O)c4cccc(Oc5ccccc5)c4)O3)[C@H](O)[C@H](O)[C@H]2O)nn1. The molecule has 0 bridgehead atoms. The van der Waals surface area contributed by atoms with E-state index in [0.29, 0.717) is 89.6 Å². The number of benzene rings is 2. The fourth-order valence-electron chi connectivity index (χ4n) is 7.54. The van der Waals surface area contributed by atoms with Crippen LogP contribution in [0.2, 0.25) is 0 Å². The first kappa shape index (κ1) is 58.6. The third kappa shape index (κ3) is 18.5. The third-order valence-electron chi connectivity index (χ3n) is 11.4. The molecule has 0 spiro atoms. The summed E-state index contributed by atoms with van der Waals surface area (Å²) in [7, 11) is 0. The number of para-hydroxylation sites is 1. The van der Waals surface area contributed by atoms with Crippen LogP contribution < -0.4 is 20.7 Å². The van der Waals surface area contributed by atoms with Gasteiger partial charge in [0.05, 0.1) is 96.6 Å². The number of amides is 3. The molecule has 11 atom stereocenters. The molecule has 26 nitrogen and oxygen atoms in total. The molecule has 0 saturated carbocycles. The molecular weight excluding hydrogens is 969 g/mol. The summed E-state index contributed by atoms with van der Waals surface area (Å²) in [6.45, 7) is 5.17. The second-order valence-electron chi connectivity index (χ2n) is 16.9. The van der Waals surface area contributed by atoms with Crippen LogP contribution in [0.5, 0.6) is 11.5 Å². The minimum Gasteiger partial charge on any atom is -0.477 e. The summed E-state index contributed by atoms with van der Waals surface area (Å²) in [4.78, 5) is 49.6. The highest BCUT2D eigenvalue weighted by molar-refractivity contribution is 5.94. The van der Waals surface area contributed by atoms with E-state index in [0.717, 1.165) is 6.92 Å². The lowest BCUT2D eigenvalue weighted by atomic mass is 9.88. The maximum Gasteiger partial charge on any atom is 0.364 e. The third-order valence-corrected chi connectivity index (χ3v) is 11.4. The van der Waals surface area contributed by atoms with Gasteiger partial charge in [-0.1, -0.05) is 29.5 Å². The summed E-state index contributed by atoms with van der Waals surface area (Å²) in [5, 5.41) is 92.1. The van der Waals surface area contributed by atoms with Gasteiger partial charge in [0.2, 0.25) is 11.8 Å². The smallest absolute Gasteiger partial charge is 0.364 e. The number of carboxylic acids is 1. The number of aliphatic carboxylic acids is 1. The molecule has 2 fully saturated rings. The van der Waals surface area contributed by atoms with Crippen LogP contribution in [0, 0.1) is 0 Å². The van der Waals surface area contributed by atoms with E-state index in [4.69, 9.17) is 42.6 Å². The van der Waals surface area contributed by atoms with Crippen LogP contribution in [-0.2, 0) is 65.2 Å². The Morgan fingerprint density at radius 3 is 2.18 bits per heavy atom. The van der Waals surface area contributed by atoms with Crippen LogP contribution in [0.4, 0.5) is 0 Å². The highest BCUT2D eigenvalue weighted by Crippen LogP contribution is 2.35. The molecule has 3 aromatic rings. The molecule has 0 unspecified atom stereocenters. The van der Waals surface area contributed by atoms with Crippen molar-refractivity contribution < 1.29 is 97.6 Å². The lowest BCUT2D eigenvalue weighted by Gasteiger charge is -2.47. The number of aliphatic hydroxyl groups is 6. The Balaban J connectivity index is 1.06. The van der Waals surface area contributed by atoms with Crippen molar-refractivity contribution in [3.8, 4) is 11.5 Å². The normalized spacial score (nSPS) is 24.8. The minimum absolute atomic E-state index is 0.0555. The quantitative estimate of drug-likeness (QED) is 0.0292. The number of carboxylic acid groups (broad SMARTS) is 1. The lowest BCUT2D eigenvalue weighted by Crippen LogP contribution is -2.68. The molecular formula is C47H68N6O20.